The smallest absolute Gasteiger partial charge is 0.293 e. The SMILES string of the molecule is CCOc1cc(/C=C2\SC(=O)N(Cc3ccccc3Br)C2=O)cc(I)c1OCc1ccccc1C. The first kappa shape index (κ1) is 25.8. The summed E-state index contributed by atoms with van der Waals surface area (Å²) < 4.78 is 13.7. The molecule has 0 radical (unpaired) electrons. The van der Waals surface area contributed by atoms with Gasteiger partial charge in [0.15, 0.2) is 11.5 Å². The number of nitrogens with zero attached hydrogens (tertiary/aromatic N) is 1. The number of carbonyl (C=O) groups excluding carboxylic acids is 2. The monoisotopic (exact) mass is 663 g/mol. The van der Waals surface area contributed by atoms with Crippen LogP contribution in [0.5, 0.6) is 11.5 Å². The molecule has 1 aliphatic heterocycles. The lowest BCUT2D eigenvalue weighted by Crippen LogP contribution is -2.27. The average Bonchev–Trinajstić information content (AvgIpc) is 3.08. The van der Waals surface area contributed by atoms with E-state index in [0.29, 0.717) is 29.6 Å². The van der Waals surface area contributed by atoms with Gasteiger partial charge in [-0.2, -0.15) is 0 Å². The van der Waals surface area contributed by atoms with Crippen molar-refractivity contribution in [2.45, 2.75) is 27.0 Å². The topological polar surface area (TPSA) is 55.8 Å². The third-order valence-electron chi connectivity index (χ3n) is 5.42. The van der Waals surface area contributed by atoms with E-state index in [0.717, 1.165) is 42.1 Å². The fourth-order valence-electron chi connectivity index (χ4n) is 3.58. The first-order chi connectivity index (χ1) is 16.9. The molecule has 4 rings (SSSR count). The molecule has 0 atom stereocenters. The standard InChI is InChI=1S/C27H23BrINO4S/c1-3-33-23-13-18(12-22(29)25(23)34-16-20-10-5-4-8-17(20)2)14-24-26(31)30(27(32)35-24)15-19-9-6-7-11-21(19)28/h4-14H,3,15-16H2,1-2H3/b24-14-. The molecule has 1 fully saturated rings. The summed E-state index contributed by atoms with van der Waals surface area (Å²) in [6.45, 7) is 5.09. The molecule has 5 nitrogen and oxygen atoms in total. The van der Waals surface area contributed by atoms with Gasteiger partial charge in [0, 0.05) is 4.47 Å². The van der Waals surface area contributed by atoms with E-state index in [1.165, 1.54) is 4.90 Å². The van der Waals surface area contributed by atoms with Gasteiger partial charge in [-0.25, -0.2) is 0 Å². The van der Waals surface area contributed by atoms with Crippen LogP contribution in [-0.4, -0.2) is 22.7 Å². The Hall–Kier alpha value is -2.30. The van der Waals surface area contributed by atoms with Crippen molar-refractivity contribution in [2.75, 3.05) is 6.61 Å². The zero-order valence-corrected chi connectivity index (χ0v) is 23.8. The highest BCUT2D eigenvalue weighted by atomic mass is 127. The van der Waals surface area contributed by atoms with Crippen LogP contribution < -0.4 is 9.47 Å². The van der Waals surface area contributed by atoms with Gasteiger partial charge in [0.1, 0.15) is 6.61 Å². The molecule has 0 aliphatic carbocycles. The van der Waals surface area contributed by atoms with Crippen LogP contribution in [0.2, 0.25) is 0 Å². The van der Waals surface area contributed by atoms with Crippen molar-refractivity contribution in [3.05, 3.63) is 95.9 Å². The van der Waals surface area contributed by atoms with E-state index in [1.54, 1.807) is 6.08 Å². The van der Waals surface area contributed by atoms with Gasteiger partial charge in [0.25, 0.3) is 11.1 Å². The van der Waals surface area contributed by atoms with Gasteiger partial charge >= 0.3 is 0 Å². The summed E-state index contributed by atoms with van der Waals surface area (Å²) in [6, 6.07) is 19.4. The second-order valence-electron chi connectivity index (χ2n) is 7.84. The summed E-state index contributed by atoms with van der Waals surface area (Å²) in [4.78, 5) is 27.3. The molecule has 1 aliphatic rings. The van der Waals surface area contributed by atoms with Crippen LogP contribution in [0.25, 0.3) is 6.08 Å². The summed E-state index contributed by atoms with van der Waals surface area (Å²) in [5.41, 5.74) is 3.91. The Labute approximate surface area is 231 Å². The van der Waals surface area contributed by atoms with Crippen LogP contribution in [0, 0.1) is 10.5 Å². The van der Waals surface area contributed by atoms with Crippen molar-refractivity contribution in [3.63, 3.8) is 0 Å². The van der Waals surface area contributed by atoms with Crippen LogP contribution in [0.4, 0.5) is 4.79 Å². The van der Waals surface area contributed by atoms with Crippen LogP contribution in [0.1, 0.15) is 29.2 Å². The molecule has 180 valence electrons. The highest BCUT2D eigenvalue weighted by molar-refractivity contribution is 14.1. The number of rotatable bonds is 8. The number of benzene rings is 3. The quantitative estimate of drug-likeness (QED) is 0.184. The van der Waals surface area contributed by atoms with Crippen LogP contribution in [0.15, 0.2) is 70.0 Å². The molecule has 0 saturated carbocycles. The Kier molecular flexibility index (Phi) is 8.56. The molecule has 0 spiro atoms. The van der Waals surface area contributed by atoms with Gasteiger partial charge < -0.3 is 9.47 Å². The van der Waals surface area contributed by atoms with Crippen molar-refractivity contribution in [3.8, 4) is 11.5 Å². The molecule has 0 N–H and O–H groups in total. The summed E-state index contributed by atoms with van der Waals surface area (Å²) in [6.07, 6.45) is 1.74. The predicted molar refractivity (Wildman–Crippen MR) is 151 cm³/mol. The molecule has 8 heteroatoms. The number of thioether (sulfide) groups is 1. The first-order valence-electron chi connectivity index (χ1n) is 11.0. The third-order valence-corrected chi connectivity index (χ3v) is 7.90. The van der Waals surface area contributed by atoms with E-state index in [4.69, 9.17) is 9.47 Å². The summed E-state index contributed by atoms with van der Waals surface area (Å²) >= 11 is 6.65. The lowest BCUT2D eigenvalue weighted by Gasteiger charge is -2.16. The summed E-state index contributed by atoms with van der Waals surface area (Å²) in [5.74, 6) is 0.963. The van der Waals surface area contributed by atoms with E-state index < -0.39 is 0 Å². The number of imide groups is 1. The van der Waals surface area contributed by atoms with Crippen molar-refractivity contribution in [2.24, 2.45) is 0 Å². The van der Waals surface area contributed by atoms with Crippen molar-refractivity contribution in [1.82, 2.24) is 4.90 Å². The Morgan fingerprint density at radius 2 is 1.74 bits per heavy atom. The minimum atomic E-state index is -0.302. The van der Waals surface area contributed by atoms with Crippen molar-refractivity contribution >= 4 is 67.5 Å². The lowest BCUT2D eigenvalue weighted by atomic mass is 10.1. The maximum Gasteiger partial charge on any atom is 0.293 e. The van der Waals surface area contributed by atoms with E-state index in [9.17, 15) is 9.59 Å². The Morgan fingerprint density at radius 1 is 1.03 bits per heavy atom. The lowest BCUT2D eigenvalue weighted by molar-refractivity contribution is -0.123. The Bertz CT molecular complexity index is 1310. The van der Waals surface area contributed by atoms with Gasteiger partial charge in [0.05, 0.1) is 21.6 Å². The molecule has 1 heterocycles. The predicted octanol–water partition coefficient (Wildman–Crippen LogP) is 7.58. The van der Waals surface area contributed by atoms with Gasteiger partial charge in [-0.05, 0) is 94.7 Å². The summed E-state index contributed by atoms with van der Waals surface area (Å²) in [7, 11) is 0. The van der Waals surface area contributed by atoms with Crippen LogP contribution >= 0.6 is 50.3 Å². The van der Waals surface area contributed by atoms with Gasteiger partial charge in [-0.15, -0.1) is 0 Å². The van der Waals surface area contributed by atoms with E-state index in [-0.39, 0.29) is 17.7 Å². The Morgan fingerprint density at radius 3 is 2.46 bits per heavy atom. The molecule has 35 heavy (non-hydrogen) atoms. The number of hydrogen-bond acceptors (Lipinski definition) is 5. The zero-order valence-electron chi connectivity index (χ0n) is 19.2. The van der Waals surface area contributed by atoms with E-state index >= 15 is 0 Å². The highest BCUT2D eigenvalue weighted by Crippen LogP contribution is 2.38. The van der Waals surface area contributed by atoms with Gasteiger partial charge in [-0.1, -0.05) is 58.4 Å². The van der Waals surface area contributed by atoms with E-state index in [1.807, 2.05) is 61.5 Å². The molecule has 0 bridgehead atoms. The molecule has 2 amide bonds. The fourth-order valence-corrected chi connectivity index (χ4v) is 5.61. The molecule has 1 saturated heterocycles. The zero-order chi connectivity index (χ0) is 24.9. The molecule has 0 aromatic heterocycles. The fraction of sp³-hybridized carbons (Fsp3) is 0.185. The number of amides is 2. The molecule has 3 aromatic rings. The van der Waals surface area contributed by atoms with Crippen LogP contribution in [0.3, 0.4) is 0 Å². The number of carbonyl (C=O) groups is 2. The maximum atomic E-state index is 13.0. The molecule has 3 aromatic carbocycles. The largest absolute Gasteiger partial charge is 0.490 e. The summed E-state index contributed by atoms with van der Waals surface area (Å²) in [5, 5.41) is -0.282. The average molecular weight is 664 g/mol. The molecular weight excluding hydrogens is 641 g/mol. The normalized spacial score (nSPS) is 14.6. The van der Waals surface area contributed by atoms with Gasteiger partial charge in [-0.3, -0.25) is 14.5 Å². The number of aryl methyl sites for hydroxylation is 1. The molecule has 0 unspecified atom stereocenters. The number of hydrogen-bond donors (Lipinski definition) is 0. The Balaban J connectivity index is 1.57. The highest BCUT2D eigenvalue weighted by Gasteiger charge is 2.35. The molecular formula is C27H23BrINO4S. The first-order valence-corrected chi connectivity index (χ1v) is 13.7. The third kappa shape index (κ3) is 6.10. The second kappa shape index (κ2) is 11.6. The van der Waals surface area contributed by atoms with Crippen molar-refractivity contribution in [1.29, 1.82) is 0 Å². The van der Waals surface area contributed by atoms with E-state index in [2.05, 4.69) is 51.5 Å². The second-order valence-corrected chi connectivity index (χ2v) is 10.8. The number of ether oxygens (including phenoxy) is 2. The maximum absolute atomic E-state index is 13.0. The number of halogens is 2. The minimum Gasteiger partial charge on any atom is -0.490 e. The van der Waals surface area contributed by atoms with Crippen molar-refractivity contribution < 1.29 is 19.1 Å². The minimum absolute atomic E-state index is 0.219. The van der Waals surface area contributed by atoms with Gasteiger partial charge in [0.2, 0.25) is 0 Å². The van der Waals surface area contributed by atoms with Crippen LogP contribution in [-0.2, 0) is 17.9 Å².